The summed E-state index contributed by atoms with van der Waals surface area (Å²) in [6, 6.07) is 117. The van der Waals surface area contributed by atoms with Gasteiger partial charge in [-0.3, -0.25) is 0 Å². The van der Waals surface area contributed by atoms with Crippen LogP contribution in [0.4, 0.5) is 0 Å². The molecule has 22 aromatic rings. The van der Waals surface area contributed by atoms with Gasteiger partial charge in [0.25, 0.3) is 0 Å². The first-order valence-electron chi connectivity index (χ1n) is 36.9. The van der Waals surface area contributed by atoms with Gasteiger partial charge in [0.1, 0.15) is 22.3 Å². The Morgan fingerprint density at radius 3 is 1.16 bits per heavy atom. The van der Waals surface area contributed by atoms with Crippen molar-refractivity contribution in [2.75, 3.05) is 0 Å². The molecule has 0 fully saturated rings. The Labute approximate surface area is 648 Å². The monoisotopic (exact) mass is 1470 g/mol. The Morgan fingerprint density at radius 2 is 0.580 bits per heavy atom. The number of para-hydroxylation sites is 1. The first kappa shape index (κ1) is 64.5. The molecular weight excluding hydrogens is 1410 g/mol. The summed E-state index contributed by atoms with van der Waals surface area (Å²) in [4.78, 5) is 51.7. The predicted octanol–water partition coefficient (Wildman–Crippen LogP) is 25.8. The van der Waals surface area contributed by atoms with Gasteiger partial charge in [0.05, 0.1) is 31.8 Å². The van der Waals surface area contributed by atoms with Crippen molar-refractivity contribution >= 4 is 107 Å². The maximum Gasteiger partial charge on any atom is 0.164 e. The van der Waals surface area contributed by atoms with E-state index in [0.29, 0.717) is 46.6 Å². The highest BCUT2D eigenvalue weighted by Crippen LogP contribution is 2.46. The van der Waals surface area contributed by atoms with E-state index in [2.05, 4.69) is 176 Å². The van der Waals surface area contributed by atoms with Gasteiger partial charge in [0.15, 0.2) is 46.6 Å². The molecule has 22 rings (SSSR count). The summed E-state index contributed by atoms with van der Waals surface area (Å²) in [7, 11) is 0. The van der Waals surface area contributed by atoms with Gasteiger partial charge in [-0.15, -0.1) is 22.7 Å². The fourth-order valence-corrected chi connectivity index (χ4v) is 17.6. The number of hydrogen-bond donors (Lipinski definition) is 0. The third kappa shape index (κ3) is 11.3. The van der Waals surface area contributed by atoms with Crippen LogP contribution in [0.15, 0.2) is 349 Å². The minimum atomic E-state index is 0.566. The smallest absolute Gasteiger partial charge is 0.164 e. The summed E-state index contributed by atoms with van der Waals surface area (Å²) in [5, 5.41) is 6.15. The first-order chi connectivity index (χ1) is 55.4. The maximum atomic E-state index is 6.78. The summed E-state index contributed by atoms with van der Waals surface area (Å²) in [5.41, 5.74) is 22.0. The van der Waals surface area contributed by atoms with Gasteiger partial charge in [-0.25, -0.2) is 49.8 Å². The van der Waals surface area contributed by atoms with E-state index in [4.69, 9.17) is 58.7 Å². The van der Waals surface area contributed by atoms with Gasteiger partial charge in [-0.2, -0.15) is 0 Å². The van der Waals surface area contributed by atoms with Crippen LogP contribution < -0.4 is 0 Å². The third-order valence-corrected chi connectivity index (χ3v) is 23.2. The lowest BCUT2D eigenvalue weighted by atomic mass is 9.97. The second kappa shape index (κ2) is 26.6. The van der Waals surface area contributed by atoms with E-state index in [1.54, 1.807) is 22.7 Å². The SMILES string of the molecule is c1ccc(-c2nc(-c3ccccc3)nc(-c3ccc4c(c3)oc3cccc(-c5ccc(-c6nc(-c7cccc(-c8ccc9sc%10c(-c%11ccc(-c%12cccc%13c%12oc%12ccc(-c%14nc(-c%15ccccc%15)nc(-c%15ccccc%15)n%14)cc%12%13)cc%11)nc(-c%11ccccc%11)nc%10c9c8)c7)nc7c6sc6ccccc67)cc5)c34)n2)cc1. The fraction of sp³-hybridized carbons (Fsp3) is 0. The molecule has 14 heteroatoms. The molecule has 0 radical (unpaired) electrons. The van der Waals surface area contributed by atoms with Crippen molar-refractivity contribution in [2.24, 2.45) is 0 Å². The lowest BCUT2D eigenvalue weighted by Gasteiger charge is -2.10. The predicted molar refractivity (Wildman–Crippen MR) is 455 cm³/mol. The average molecular weight is 1470 g/mol. The van der Waals surface area contributed by atoms with Gasteiger partial charge >= 0.3 is 0 Å². The Kier molecular flexibility index (Phi) is 15.3. The highest BCUT2D eigenvalue weighted by Gasteiger charge is 2.24. The third-order valence-electron chi connectivity index (χ3n) is 20.9. The first-order valence-corrected chi connectivity index (χ1v) is 38.5. The van der Waals surface area contributed by atoms with Crippen LogP contribution in [0, 0.1) is 0 Å². The van der Waals surface area contributed by atoms with Gasteiger partial charge in [0, 0.05) is 103 Å². The highest BCUT2D eigenvalue weighted by molar-refractivity contribution is 7.26. The standard InChI is InChI=1S/C98H56N10O2S2/c1-6-21-61(22-7-1)91-99-85(60-45-41-58(42-46-60)72-35-19-36-73-76-55-69(48-51-78(76)110-88(72)73)97-105-92(62-23-8-2-9-24-62)103-93(106-97)63-25-10-3-11-26-63)90-87(102-91)77-54-67(49-52-82(77)112-90)66-31-18-32-68(53-66)96-100-84(89-86(101-96)75-33-16-17-38-81(75)111-89)59-43-39-57(40-44-59)71-34-20-37-79-83(71)74-50-47-70(56-80(74)109-79)98-107-94(64-27-12-4-13-28-64)104-95(108-98)65-29-14-5-15-30-65/h1-56H. The van der Waals surface area contributed by atoms with E-state index in [-0.39, 0.29) is 0 Å². The zero-order chi connectivity index (χ0) is 73.7. The quantitative estimate of drug-likeness (QED) is 0.108. The minimum absolute atomic E-state index is 0.566. The van der Waals surface area contributed by atoms with Crippen molar-refractivity contribution in [3.05, 3.63) is 340 Å². The molecule has 0 bridgehead atoms. The molecule has 0 saturated heterocycles. The van der Waals surface area contributed by atoms with Crippen LogP contribution in [0.1, 0.15) is 0 Å². The van der Waals surface area contributed by atoms with Gasteiger partial charge in [0.2, 0.25) is 0 Å². The Hall–Kier alpha value is -14.7. The van der Waals surface area contributed by atoms with Crippen LogP contribution in [0.5, 0.6) is 0 Å². The highest BCUT2D eigenvalue weighted by atomic mass is 32.1. The van der Waals surface area contributed by atoms with Crippen LogP contribution in [-0.4, -0.2) is 49.8 Å². The van der Waals surface area contributed by atoms with Crippen molar-refractivity contribution in [1.29, 1.82) is 0 Å². The van der Waals surface area contributed by atoms with E-state index >= 15 is 0 Å². The summed E-state index contributed by atoms with van der Waals surface area (Å²) in [5.74, 6) is 4.87. The summed E-state index contributed by atoms with van der Waals surface area (Å²) in [6.45, 7) is 0. The van der Waals surface area contributed by atoms with Crippen LogP contribution in [0.25, 0.3) is 231 Å². The lowest BCUT2D eigenvalue weighted by Crippen LogP contribution is -2.00. The molecule has 0 aliphatic carbocycles. The second-order valence-corrected chi connectivity index (χ2v) is 29.8. The summed E-state index contributed by atoms with van der Waals surface area (Å²) < 4.78 is 17.8. The molecule has 0 unspecified atom stereocenters. The van der Waals surface area contributed by atoms with Crippen LogP contribution in [-0.2, 0) is 0 Å². The Bertz CT molecular complexity index is 7370. The molecule has 8 heterocycles. The van der Waals surface area contributed by atoms with Crippen LogP contribution in [0.3, 0.4) is 0 Å². The van der Waals surface area contributed by atoms with Crippen LogP contribution >= 0.6 is 22.7 Å². The molecular formula is C98H56N10O2S2. The number of furan rings is 2. The summed E-state index contributed by atoms with van der Waals surface area (Å²) >= 11 is 3.44. The van der Waals surface area contributed by atoms with E-state index in [1.165, 1.54) is 0 Å². The summed E-state index contributed by atoms with van der Waals surface area (Å²) in [6.07, 6.45) is 0. The Morgan fingerprint density at radius 1 is 0.196 bits per heavy atom. The zero-order valence-corrected chi connectivity index (χ0v) is 61.1. The number of benzene rings is 14. The molecule has 522 valence electrons. The largest absolute Gasteiger partial charge is 0.456 e. The van der Waals surface area contributed by atoms with Gasteiger partial charge in [-0.1, -0.05) is 279 Å². The zero-order valence-electron chi connectivity index (χ0n) is 59.4. The molecule has 0 aliphatic heterocycles. The number of hydrogen-bond acceptors (Lipinski definition) is 14. The van der Waals surface area contributed by atoms with Crippen molar-refractivity contribution in [3.8, 4) is 147 Å². The number of fused-ring (bicyclic) bond motifs is 12. The van der Waals surface area contributed by atoms with Crippen molar-refractivity contribution < 1.29 is 8.83 Å². The van der Waals surface area contributed by atoms with E-state index in [9.17, 15) is 0 Å². The average Bonchev–Trinajstić information content (AvgIpc) is 1.58. The number of nitrogens with zero attached hydrogens (tertiary/aromatic N) is 10. The van der Waals surface area contributed by atoms with Gasteiger partial charge in [-0.05, 0) is 88.5 Å². The topological polar surface area (TPSA) is 155 Å². The molecule has 0 saturated carbocycles. The van der Waals surface area contributed by atoms with Gasteiger partial charge < -0.3 is 8.83 Å². The van der Waals surface area contributed by atoms with E-state index in [0.717, 1.165) is 185 Å². The minimum Gasteiger partial charge on any atom is -0.456 e. The fourth-order valence-electron chi connectivity index (χ4n) is 15.3. The number of rotatable bonds is 13. The second-order valence-electron chi connectivity index (χ2n) is 27.7. The van der Waals surface area contributed by atoms with E-state index < -0.39 is 0 Å². The lowest BCUT2D eigenvalue weighted by molar-refractivity contribution is 0.669. The Balaban J connectivity index is 0.586. The maximum absolute atomic E-state index is 6.78. The normalized spacial score (nSPS) is 11.8. The molecule has 0 N–H and O–H groups in total. The molecule has 0 aliphatic rings. The molecule has 14 aromatic carbocycles. The number of thiophene rings is 2. The van der Waals surface area contributed by atoms with Crippen molar-refractivity contribution in [1.82, 2.24) is 49.8 Å². The van der Waals surface area contributed by atoms with Crippen molar-refractivity contribution in [2.45, 2.75) is 0 Å². The molecule has 0 spiro atoms. The van der Waals surface area contributed by atoms with Crippen LogP contribution in [0.2, 0.25) is 0 Å². The molecule has 0 amide bonds. The number of aromatic nitrogens is 10. The van der Waals surface area contributed by atoms with E-state index in [1.807, 2.05) is 164 Å². The van der Waals surface area contributed by atoms with Crippen molar-refractivity contribution in [3.63, 3.8) is 0 Å². The molecule has 112 heavy (non-hydrogen) atoms. The molecule has 8 aromatic heterocycles. The molecule has 0 atom stereocenters. The molecule has 12 nitrogen and oxygen atoms in total.